The Labute approximate surface area is 155 Å². The molecule has 0 aromatic heterocycles. The molecule has 2 atom stereocenters. The maximum atomic E-state index is 13.1. The molecule has 3 N–H and O–H groups in total. The van der Waals surface area contributed by atoms with Crippen LogP contribution in [0.5, 0.6) is 0 Å². The Balaban J connectivity index is 2.06. The van der Waals surface area contributed by atoms with Gasteiger partial charge in [0.25, 0.3) is 0 Å². The van der Waals surface area contributed by atoms with Crippen molar-refractivity contribution in [3.05, 3.63) is 30.1 Å². The number of halogens is 1. The van der Waals surface area contributed by atoms with Gasteiger partial charge in [0.15, 0.2) is 0 Å². The van der Waals surface area contributed by atoms with Gasteiger partial charge in [0.05, 0.1) is 10.8 Å². The number of hydrogen-bond donors (Lipinski definition) is 2. The highest BCUT2D eigenvalue weighted by molar-refractivity contribution is 7.89. The van der Waals surface area contributed by atoms with Gasteiger partial charge in [-0.05, 0) is 49.4 Å². The summed E-state index contributed by atoms with van der Waals surface area (Å²) in [6.45, 7) is 4.97. The highest BCUT2D eigenvalue weighted by Gasteiger charge is 2.33. The van der Waals surface area contributed by atoms with Crippen molar-refractivity contribution in [1.29, 1.82) is 0 Å². The minimum absolute atomic E-state index is 0.0413. The number of piperidine rings is 1. The van der Waals surface area contributed by atoms with Crippen molar-refractivity contribution >= 4 is 15.9 Å². The third kappa shape index (κ3) is 5.25. The summed E-state index contributed by atoms with van der Waals surface area (Å²) in [5.41, 5.74) is 5.73. The molecule has 0 spiro atoms. The Bertz CT molecular complexity index is 707. The molecule has 6 nitrogen and oxygen atoms in total. The SMILES string of the molecule is CC(C)CC(CN)NC(=O)C1CCCN(S(=O)(=O)c2ccc(F)cc2)C1. The fourth-order valence-electron chi connectivity index (χ4n) is 3.23. The number of nitrogens with one attached hydrogen (secondary N) is 1. The number of carbonyl (C=O) groups excluding carboxylic acids is 1. The quantitative estimate of drug-likeness (QED) is 0.747. The van der Waals surface area contributed by atoms with Gasteiger partial charge in [-0.1, -0.05) is 13.8 Å². The average Bonchev–Trinajstić information content (AvgIpc) is 2.61. The molecule has 1 fully saturated rings. The molecule has 1 aliphatic rings. The highest BCUT2D eigenvalue weighted by atomic mass is 32.2. The molecule has 146 valence electrons. The van der Waals surface area contributed by atoms with Crippen LogP contribution in [0.1, 0.15) is 33.1 Å². The molecule has 1 aromatic carbocycles. The number of amides is 1. The number of hydrogen-bond acceptors (Lipinski definition) is 4. The molecular formula is C18H28FN3O3S. The van der Waals surface area contributed by atoms with Gasteiger partial charge in [-0.2, -0.15) is 4.31 Å². The van der Waals surface area contributed by atoms with E-state index in [2.05, 4.69) is 19.2 Å². The zero-order chi connectivity index (χ0) is 19.3. The Kier molecular flexibility index (Phi) is 7.14. The normalized spacial score (nSPS) is 20.1. The van der Waals surface area contributed by atoms with Crippen LogP contribution in [0.15, 0.2) is 29.2 Å². The number of carbonyl (C=O) groups is 1. The number of sulfonamides is 1. The zero-order valence-corrected chi connectivity index (χ0v) is 16.1. The summed E-state index contributed by atoms with van der Waals surface area (Å²) in [5.74, 6) is -0.635. The largest absolute Gasteiger partial charge is 0.352 e. The van der Waals surface area contributed by atoms with Crippen molar-refractivity contribution in [1.82, 2.24) is 9.62 Å². The van der Waals surface area contributed by atoms with Crippen molar-refractivity contribution in [2.45, 2.75) is 44.0 Å². The van der Waals surface area contributed by atoms with Gasteiger partial charge < -0.3 is 11.1 Å². The summed E-state index contributed by atoms with van der Waals surface area (Å²) in [7, 11) is -3.74. The lowest BCUT2D eigenvalue weighted by atomic mass is 9.97. The Morgan fingerprint density at radius 1 is 1.35 bits per heavy atom. The second-order valence-corrected chi connectivity index (χ2v) is 9.16. The summed E-state index contributed by atoms with van der Waals surface area (Å²) in [6.07, 6.45) is 2.03. The van der Waals surface area contributed by atoms with E-state index >= 15 is 0 Å². The van der Waals surface area contributed by atoms with Gasteiger partial charge in [-0.25, -0.2) is 12.8 Å². The van der Waals surface area contributed by atoms with Crippen molar-refractivity contribution in [3.63, 3.8) is 0 Å². The minimum Gasteiger partial charge on any atom is -0.352 e. The fraction of sp³-hybridized carbons (Fsp3) is 0.611. The van der Waals surface area contributed by atoms with Gasteiger partial charge in [-0.3, -0.25) is 4.79 Å². The summed E-state index contributed by atoms with van der Waals surface area (Å²) in [5, 5.41) is 2.95. The van der Waals surface area contributed by atoms with E-state index in [4.69, 9.17) is 5.73 Å². The highest BCUT2D eigenvalue weighted by Crippen LogP contribution is 2.24. The van der Waals surface area contributed by atoms with Crippen LogP contribution in [0, 0.1) is 17.7 Å². The van der Waals surface area contributed by atoms with Crippen LogP contribution in [-0.2, 0) is 14.8 Å². The summed E-state index contributed by atoms with van der Waals surface area (Å²) >= 11 is 0. The molecule has 0 saturated carbocycles. The molecule has 0 bridgehead atoms. The second-order valence-electron chi connectivity index (χ2n) is 7.23. The maximum Gasteiger partial charge on any atom is 0.243 e. The van der Waals surface area contributed by atoms with E-state index < -0.39 is 21.8 Å². The molecule has 1 amide bonds. The number of rotatable bonds is 7. The Hall–Kier alpha value is -1.51. The molecule has 8 heteroatoms. The predicted molar refractivity (Wildman–Crippen MR) is 98.3 cm³/mol. The Morgan fingerprint density at radius 3 is 2.58 bits per heavy atom. The standard InChI is InChI=1S/C18H28FN3O3S/c1-13(2)10-16(11-20)21-18(23)14-4-3-9-22(12-14)26(24,25)17-7-5-15(19)6-8-17/h5-8,13-14,16H,3-4,9-12,20H2,1-2H3,(H,21,23). The van der Waals surface area contributed by atoms with Gasteiger partial charge in [0.1, 0.15) is 5.82 Å². The van der Waals surface area contributed by atoms with E-state index in [9.17, 15) is 17.6 Å². The fourth-order valence-corrected chi connectivity index (χ4v) is 4.76. The molecule has 26 heavy (non-hydrogen) atoms. The first kappa shape index (κ1) is 20.8. The van der Waals surface area contributed by atoms with E-state index in [0.29, 0.717) is 31.8 Å². The topological polar surface area (TPSA) is 92.5 Å². The first-order chi connectivity index (χ1) is 12.2. The van der Waals surface area contributed by atoms with Crippen LogP contribution in [0.2, 0.25) is 0 Å². The lowest BCUT2D eigenvalue weighted by molar-refractivity contribution is -0.126. The third-order valence-electron chi connectivity index (χ3n) is 4.59. The summed E-state index contributed by atoms with van der Waals surface area (Å²) in [4.78, 5) is 12.6. The lowest BCUT2D eigenvalue weighted by Crippen LogP contribution is -2.49. The van der Waals surface area contributed by atoms with Crippen LogP contribution >= 0.6 is 0 Å². The first-order valence-electron chi connectivity index (χ1n) is 9.00. The molecule has 2 unspecified atom stereocenters. The molecule has 1 aromatic rings. The average molecular weight is 386 g/mol. The molecule has 1 heterocycles. The van der Waals surface area contributed by atoms with E-state index in [1.165, 1.54) is 16.4 Å². The van der Waals surface area contributed by atoms with Gasteiger partial charge >= 0.3 is 0 Å². The minimum atomic E-state index is -3.74. The summed E-state index contributed by atoms with van der Waals surface area (Å²) in [6, 6.07) is 4.65. The van der Waals surface area contributed by atoms with Crippen molar-refractivity contribution in [2.24, 2.45) is 17.6 Å². The molecular weight excluding hydrogens is 357 g/mol. The van der Waals surface area contributed by atoms with Crippen molar-refractivity contribution in [2.75, 3.05) is 19.6 Å². The van der Waals surface area contributed by atoms with E-state index in [1.807, 2.05) is 0 Å². The first-order valence-corrected chi connectivity index (χ1v) is 10.4. The third-order valence-corrected chi connectivity index (χ3v) is 6.47. The van der Waals surface area contributed by atoms with Crippen LogP contribution < -0.4 is 11.1 Å². The number of benzene rings is 1. The van der Waals surface area contributed by atoms with Crippen LogP contribution in [0.4, 0.5) is 4.39 Å². The van der Waals surface area contributed by atoms with E-state index in [1.54, 1.807) is 0 Å². The Morgan fingerprint density at radius 2 is 2.00 bits per heavy atom. The van der Waals surface area contributed by atoms with Crippen LogP contribution in [-0.4, -0.2) is 44.3 Å². The second kappa shape index (κ2) is 8.92. The molecule has 0 radical (unpaired) electrons. The van der Waals surface area contributed by atoms with Gasteiger partial charge in [0.2, 0.25) is 15.9 Å². The van der Waals surface area contributed by atoms with E-state index in [-0.39, 0.29) is 23.4 Å². The zero-order valence-electron chi connectivity index (χ0n) is 15.3. The van der Waals surface area contributed by atoms with Crippen molar-refractivity contribution < 1.29 is 17.6 Å². The number of nitrogens with zero attached hydrogens (tertiary/aromatic N) is 1. The maximum absolute atomic E-state index is 13.1. The smallest absolute Gasteiger partial charge is 0.243 e. The molecule has 1 aliphatic heterocycles. The van der Waals surface area contributed by atoms with E-state index in [0.717, 1.165) is 18.6 Å². The van der Waals surface area contributed by atoms with Gasteiger partial charge in [-0.15, -0.1) is 0 Å². The number of nitrogens with two attached hydrogens (primary N) is 1. The van der Waals surface area contributed by atoms with Crippen LogP contribution in [0.3, 0.4) is 0 Å². The predicted octanol–water partition coefficient (Wildman–Crippen LogP) is 1.72. The summed E-state index contributed by atoms with van der Waals surface area (Å²) < 4.78 is 39.9. The van der Waals surface area contributed by atoms with Crippen molar-refractivity contribution in [3.8, 4) is 0 Å². The lowest BCUT2D eigenvalue weighted by Gasteiger charge is -2.32. The molecule has 2 rings (SSSR count). The monoisotopic (exact) mass is 385 g/mol. The molecule has 1 saturated heterocycles. The van der Waals surface area contributed by atoms with Gasteiger partial charge in [0, 0.05) is 25.7 Å². The van der Waals surface area contributed by atoms with Crippen LogP contribution in [0.25, 0.3) is 0 Å². The molecule has 0 aliphatic carbocycles.